The van der Waals surface area contributed by atoms with Crippen molar-refractivity contribution in [3.05, 3.63) is 0 Å². The Morgan fingerprint density at radius 2 is 1.67 bits per heavy atom. The lowest BCUT2D eigenvalue weighted by Crippen LogP contribution is -2.29. The van der Waals surface area contributed by atoms with Gasteiger partial charge < -0.3 is 10.2 Å². The molecule has 0 spiro atoms. The maximum absolute atomic E-state index is 3.51. The molecule has 0 amide bonds. The Balaban J connectivity index is 3.24. The van der Waals surface area contributed by atoms with E-state index in [2.05, 4.69) is 45.0 Å². The summed E-state index contributed by atoms with van der Waals surface area (Å²) in [6.45, 7) is 12.8. The molecule has 0 rings (SSSR count). The highest BCUT2D eigenvalue weighted by molar-refractivity contribution is 4.62. The van der Waals surface area contributed by atoms with Gasteiger partial charge in [0.05, 0.1) is 0 Å². The Labute approximate surface area is 116 Å². The van der Waals surface area contributed by atoms with E-state index in [1.165, 1.54) is 51.6 Å². The number of nitrogens with one attached hydrogen (secondary N) is 1. The molecule has 0 radical (unpaired) electrons. The third-order valence-corrected chi connectivity index (χ3v) is 3.63. The molecular formula is C16H36N2. The van der Waals surface area contributed by atoms with Gasteiger partial charge in [-0.2, -0.15) is 0 Å². The van der Waals surface area contributed by atoms with E-state index < -0.39 is 0 Å². The summed E-state index contributed by atoms with van der Waals surface area (Å²) in [5.41, 5.74) is 0. The van der Waals surface area contributed by atoms with Crippen molar-refractivity contribution in [1.82, 2.24) is 10.2 Å². The van der Waals surface area contributed by atoms with Crippen molar-refractivity contribution >= 4 is 0 Å². The lowest BCUT2D eigenvalue weighted by atomic mass is 10.1. The Kier molecular flexibility index (Phi) is 11.9. The third kappa shape index (κ3) is 11.0. The van der Waals surface area contributed by atoms with Gasteiger partial charge in [0.2, 0.25) is 0 Å². The molecule has 0 saturated carbocycles. The van der Waals surface area contributed by atoms with E-state index in [1.807, 2.05) is 0 Å². The van der Waals surface area contributed by atoms with E-state index in [-0.39, 0.29) is 0 Å². The van der Waals surface area contributed by atoms with Crippen LogP contribution in [0.15, 0.2) is 0 Å². The van der Waals surface area contributed by atoms with Crippen LogP contribution in [0.4, 0.5) is 0 Å². The molecule has 2 heteroatoms. The second-order valence-electron chi connectivity index (χ2n) is 6.13. The molecule has 0 heterocycles. The fourth-order valence-corrected chi connectivity index (χ4v) is 2.21. The highest BCUT2D eigenvalue weighted by Crippen LogP contribution is 2.07. The maximum Gasteiger partial charge on any atom is 0.00637 e. The topological polar surface area (TPSA) is 15.3 Å². The van der Waals surface area contributed by atoms with Crippen molar-refractivity contribution in [1.29, 1.82) is 0 Å². The monoisotopic (exact) mass is 256 g/mol. The van der Waals surface area contributed by atoms with Gasteiger partial charge in [-0.15, -0.1) is 0 Å². The Morgan fingerprint density at radius 3 is 2.28 bits per heavy atom. The highest BCUT2D eigenvalue weighted by Gasteiger charge is 2.06. The summed E-state index contributed by atoms with van der Waals surface area (Å²) in [5.74, 6) is 0.777. The quantitative estimate of drug-likeness (QED) is 0.533. The first-order valence-electron chi connectivity index (χ1n) is 7.98. The van der Waals surface area contributed by atoms with Gasteiger partial charge in [0.15, 0.2) is 0 Å². The minimum atomic E-state index is 0.753. The first kappa shape index (κ1) is 17.9. The van der Waals surface area contributed by atoms with Gasteiger partial charge in [-0.25, -0.2) is 0 Å². The zero-order valence-electron chi connectivity index (χ0n) is 13.5. The molecule has 2 nitrogen and oxygen atoms in total. The van der Waals surface area contributed by atoms with Gasteiger partial charge in [0, 0.05) is 6.04 Å². The maximum atomic E-state index is 3.51. The van der Waals surface area contributed by atoms with Crippen molar-refractivity contribution in [2.45, 2.75) is 72.3 Å². The zero-order valence-corrected chi connectivity index (χ0v) is 13.5. The molecule has 0 aliphatic heterocycles. The number of rotatable bonds is 12. The molecule has 0 bridgehead atoms. The van der Waals surface area contributed by atoms with Crippen LogP contribution in [0.3, 0.4) is 0 Å². The average Bonchev–Trinajstić information content (AvgIpc) is 2.32. The SMILES string of the molecule is CCCC(C)N(C)CCCCCCNCC(C)C. The third-order valence-electron chi connectivity index (χ3n) is 3.63. The van der Waals surface area contributed by atoms with E-state index in [0.29, 0.717) is 0 Å². The standard InChI is InChI=1S/C16H36N2/c1-6-11-16(4)18(5)13-10-8-7-9-12-17-14-15(2)3/h15-17H,6-14H2,1-5H3. The van der Waals surface area contributed by atoms with Crippen molar-refractivity contribution < 1.29 is 0 Å². The van der Waals surface area contributed by atoms with Crippen LogP contribution in [0.2, 0.25) is 0 Å². The van der Waals surface area contributed by atoms with Gasteiger partial charge >= 0.3 is 0 Å². The van der Waals surface area contributed by atoms with Gasteiger partial charge in [-0.1, -0.05) is 40.0 Å². The van der Waals surface area contributed by atoms with E-state index in [4.69, 9.17) is 0 Å². The summed E-state index contributed by atoms with van der Waals surface area (Å²) < 4.78 is 0. The number of hydrogen-bond acceptors (Lipinski definition) is 2. The summed E-state index contributed by atoms with van der Waals surface area (Å²) in [7, 11) is 2.27. The van der Waals surface area contributed by atoms with Crippen LogP contribution in [-0.2, 0) is 0 Å². The van der Waals surface area contributed by atoms with Crippen molar-refractivity contribution in [2.75, 3.05) is 26.7 Å². The van der Waals surface area contributed by atoms with Crippen LogP contribution < -0.4 is 5.32 Å². The number of unbranched alkanes of at least 4 members (excludes halogenated alkanes) is 3. The lowest BCUT2D eigenvalue weighted by molar-refractivity contribution is 0.239. The summed E-state index contributed by atoms with van der Waals surface area (Å²) in [6, 6.07) is 0.753. The van der Waals surface area contributed by atoms with Crippen LogP contribution in [0.5, 0.6) is 0 Å². The van der Waals surface area contributed by atoms with Crippen molar-refractivity contribution in [2.24, 2.45) is 5.92 Å². The number of hydrogen-bond donors (Lipinski definition) is 1. The molecule has 110 valence electrons. The molecule has 0 aromatic carbocycles. The molecule has 0 fully saturated rings. The molecular weight excluding hydrogens is 220 g/mol. The molecule has 1 N–H and O–H groups in total. The Bertz CT molecular complexity index is 168. The predicted octanol–water partition coefficient (Wildman–Crippen LogP) is 3.91. The van der Waals surface area contributed by atoms with Crippen molar-refractivity contribution in [3.8, 4) is 0 Å². The number of nitrogens with zero attached hydrogens (tertiary/aromatic N) is 1. The Morgan fingerprint density at radius 1 is 1.00 bits per heavy atom. The predicted molar refractivity (Wildman–Crippen MR) is 83.2 cm³/mol. The van der Waals surface area contributed by atoms with Gasteiger partial charge in [0.25, 0.3) is 0 Å². The molecule has 0 aromatic rings. The summed E-state index contributed by atoms with van der Waals surface area (Å²) >= 11 is 0. The molecule has 18 heavy (non-hydrogen) atoms. The van der Waals surface area contributed by atoms with E-state index in [9.17, 15) is 0 Å². The summed E-state index contributed by atoms with van der Waals surface area (Å²) in [6.07, 6.45) is 8.08. The second-order valence-corrected chi connectivity index (χ2v) is 6.13. The molecule has 0 aromatic heterocycles. The minimum absolute atomic E-state index is 0.753. The smallest absolute Gasteiger partial charge is 0.00637 e. The van der Waals surface area contributed by atoms with E-state index in [1.54, 1.807) is 0 Å². The van der Waals surface area contributed by atoms with E-state index >= 15 is 0 Å². The Hall–Kier alpha value is -0.0800. The van der Waals surface area contributed by atoms with Crippen LogP contribution in [0.1, 0.15) is 66.2 Å². The fourth-order valence-electron chi connectivity index (χ4n) is 2.21. The first-order valence-corrected chi connectivity index (χ1v) is 7.98. The highest BCUT2D eigenvalue weighted by atomic mass is 15.1. The summed E-state index contributed by atoms with van der Waals surface area (Å²) in [4.78, 5) is 2.51. The van der Waals surface area contributed by atoms with Gasteiger partial charge in [0.1, 0.15) is 0 Å². The fraction of sp³-hybridized carbons (Fsp3) is 1.00. The zero-order chi connectivity index (χ0) is 13.8. The van der Waals surface area contributed by atoms with Crippen molar-refractivity contribution in [3.63, 3.8) is 0 Å². The normalized spacial score (nSPS) is 13.5. The van der Waals surface area contributed by atoms with Crippen LogP contribution in [0, 0.1) is 5.92 Å². The summed E-state index contributed by atoms with van der Waals surface area (Å²) in [5, 5.41) is 3.51. The van der Waals surface area contributed by atoms with E-state index in [0.717, 1.165) is 18.5 Å². The molecule has 0 aliphatic carbocycles. The van der Waals surface area contributed by atoms with Crippen LogP contribution in [-0.4, -0.2) is 37.6 Å². The van der Waals surface area contributed by atoms with Gasteiger partial charge in [-0.3, -0.25) is 0 Å². The molecule has 0 saturated heterocycles. The second kappa shape index (κ2) is 12.0. The molecule has 0 aliphatic rings. The average molecular weight is 256 g/mol. The minimum Gasteiger partial charge on any atom is -0.316 e. The van der Waals surface area contributed by atoms with Crippen LogP contribution in [0.25, 0.3) is 0 Å². The molecule has 1 atom stereocenters. The largest absolute Gasteiger partial charge is 0.316 e. The van der Waals surface area contributed by atoms with Gasteiger partial charge in [-0.05, 0) is 58.8 Å². The first-order chi connectivity index (χ1) is 8.57. The molecule has 1 unspecified atom stereocenters. The van der Waals surface area contributed by atoms with Crippen LogP contribution >= 0.6 is 0 Å². The lowest BCUT2D eigenvalue weighted by Gasteiger charge is -2.24.